The molecule has 0 aliphatic rings. The van der Waals surface area contributed by atoms with Gasteiger partial charge in [0.1, 0.15) is 11.9 Å². The SMILES string of the molecule is Cc1cc(C(NN)c2nccn2C)sc1Br. The fraction of sp³-hybridized carbons (Fsp3) is 0.300. The minimum atomic E-state index is -0.0602. The van der Waals surface area contributed by atoms with Gasteiger partial charge in [0, 0.05) is 24.3 Å². The Hall–Kier alpha value is -0.690. The van der Waals surface area contributed by atoms with E-state index in [9.17, 15) is 0 Å². The van der Waals surface area contributed by atoms with Gasteiger partial charge in [-0.2, -0.15) is 0 Å². The molecule has 2 aromatic heterocycles. The van der Waals surface area contributed by atoms with Crippen LogP contribution in [0.2, 0.25) is 0 Å². The van der Waals surface area contributed by atoms with Crippen molar-refractivity contribution in [3.63, 3.8) is 0 Å². The topological polar surface area (TPSA) is 55.9 Å². The van der Waals surface area contributed by atoms with Crippen molar-refractivity contribution in [2.45, 2.75) is 13.0 Å². The number of imidazole rings is 1. The van der Waals surface area contributed by atoms with Gasteiger partial charge in [-0.25, -0.2) is 10.4 Å². The van der Waals surface area contributed by atoms with Crippen LogP contribution in [0.15, 0.2) is 22.2 Å². The molecule has 6 heteroatoms. The quantitative estimate of drug-likeness (QED) is 0.674. The summed E-state index contributed by atoms with van der Waals surface area (Å²) >= 11 is 5.19. The monoisotopic (exact) mass is 300 g/mol. The van der Waals surface area contributed by atoms with Crippen LogP contribution in [-0.2, 0) is 7.05 Å². The highest BCUT2D eigenvalue weighted by atomic mass is 79.9. The summed E-state index contributed by atoms with van der Waals surface area (Å²) in [6.45, 7) is 2.07. The van der Waals surface area contributed by atoms with Crippen LogP contribution in [0.25, 0.3) is 0 Å². The van der Waals surface area contributed by atoms with E-state index in [4.69, 9.17) is 5.84 Å². The molecule has 0 radical (unpaired) electrons. The summed E-state index contributed by atoms with van der Waals surface area (Å²) in [5, 5.41) is 0. The molecule has 4 nitrogen and oxygen atoms in total. The van der Waals surface area contributed by atoms with Crippen molar-refractivity contribution in [3.8, 4) is 0 Å². The molecule has 16 heavy (non-hydrogen) atoms. The molecule has 0 aliphatic carbocycles. The molecule has 0 saturated heterocycles. The zero-order chi connectivity index (χ0) is 11.7. The highest BCUT2D eigenvalue weighted by Gasteiger charge is 2.19. The smallest absolute Gasteiger partial charge is 0.132 e. The summed E-state index contributed by atoms with van der Waals surface area (Å²) in [6, 6.07) is 2.06. The molecule has 0 fully saturated rings. The first-order chi connectivity index (χ1) is 7.63. The number of thiophene rings is 1. The molecular formula is C10H13BrN4S. The van der Waals surface area contributed by atoms with Crippen LogP contribution in [0.1, 0.15) is 22.3 Å². The van der Waals surface area contributed by atoms with Crippen LogP contribution in [0, 0.1) is 6.92 Å². The second kappa shape index (κ2) is 4.67. The lowest BCUT2D eigenvalue weighted by molar-refractivity contribution is 0.587. The summed E-state index contributed by atoms with van der Waals surface area (Å²) < 4.78 is 3.10. The molecule has 2 aromatic rings. The van der Waals surface area contributed by atoms with Crippen LogP contribution >= 0.6 is 27.3 Å². The molecule has 0 bridgehead atoms. The van der Waals surface area contributed by atoms with Crippen LogP contribution in [0.4, 0.5) is 0 Å². The zero-order valence-electron chi connectivity index (χ0n) is 9.07. The van der Waals surface area contributed by atoms with E-state index in [1.165, 1.54) is 5.56 Å². The molecule has 0 aliphatic heterocycles. The second-order valence-corrected chi connectivity index (χ2v) is 6.00. The molecule has 1 atom stereocenters. The molecule has 1 unspecified atom stereocenters. The fourth-order valence-electron chi connectivity index (χ4n) is 1.57. The van der Waals surface area contributed by atoms with E-state index < -0.39 is 0 Å². The van der Waals surface area contributed by atoms with Gasteiger partial charge in [0.2, 0.25) is 0 Å². The van der Waals surface area contributed by atoms with E-state index in [2.05, 4.69) is 39.3 Å². The molecule has 86 valence electrons. The number of nitrogens with two attached hydrogens (primary N) is 1. The van der Waals surface area contributed by atoms with Gasteiger partial charge >= 0.3 is 0 Å². The number of aryl methyl sites for hydroxylation is 2. The summed E-state index contributed by atoms with van der Waals surface area (Å²) in [7, 11) is 1.96. The van der Waals surface area contributed by atoms with Crippen molar-refractivity contribution in [2.24, 2.45) is 12.9 Å². The number of hydrogen-bond donors (Lipinski definition) is 2. The number of halogens is 1. The average molecular weight is 301 g/mol. The Morgan fingerprint density at radius 3 is 2.81 bits per heavy atom. The summed E-state index contributed by atoms with van der Waals surface area (Å²) in [4.78, 5) is 5.47. The number of hydrogen-bond acceptors (Lipinski definition) is 4. The number of nitrogens with zero attached hydrogens (tertiary/aromatic N) is 2. The maximum absolute atomic E-state index is 5.61. The standard InChI is InChI=1S/C10H13BrN4S/c1-6-5-7(16-9(6)11)8(14-12)10-13-3-4-15(10)2/h3-5,8,14H,12H2,1-2H3. The number of nitrogens with one attached hydrogen (secondary N) is 1. The van der Waals surface area contributed by atoms with Crippen LogP contribution in [0.5, 0.6) is 0 Å². The van der Waals surface area contributed by atoms with Crippen molar-refractivity contribution in [1.29, 1.82) is 0 Å². The molecule has 3 N–H and O–H groups in total. The Kier molecular flexibility index (Phi) is 3.44. The first-order valence-electron chi connectivity index (χ1n) is 4.82. The molecule has 0 amide bonds. The van der Waals surface area contributed by atoms with E-state index in [0.717, 1.165) is 14.5 Å². The maximum Gasteiger partial charge on any atom is 0.132 e. The molecule has 0 aromatic carbocycles. The fourth-order valence-corrected chi connectivity index (χ4v) is 3.19. The molecule has 0 saturated carbocycles. The predicted molar refractivity (Wildman–Crippen MR) is 69.1 cm³/mol. The van der Waals surface area contributed by atoms with Crippen molar-refractivity contribution < 1.29 is 0 Å². The minimum absolute atomic E-state index is 0.0602. The molecule has 0 spiro atoms. The Labute approximate surface area is 107 Å². The lowest BCUT2D eigenvalue weighted by Gasteiger charge is -2.13. The summed E-state index contributed by atoms with van der Waals surface area (Å²) in [6.07, 6.45) is 3.68. The van der Waals surface area contributed by atoms with Crippen LogP contribution in [0.3, 0.4) is 0 Å². The third-order valence-corrected chi connectivity index (χ3v) is 4.65. The van der Waals surface area contributed by atoms with Gasteiger partial charge in [-0.3, -0.25) is 5.84 Å². The lowest BCUT2D eigenvalue weighted by atomic mass is 10.2. The van der Waals surface area contributed by atoms with E-state index in [1.807, 2.05) is 17.8 Å². The summed E-state index contributed by atoms with van der Waals surface area (Å²) in [5.74, 6) is 6.53. The predicted octanol–water partition coefficient (Wildman–Crippen LogP) is 2.11. The summed E-state index contributed by atoms with van der Waals surface area (Å²) in [5.41, 5.74) is 4.03. The Morgan fingerprint density at radius 1 is 1.62 bits per heavy atom. The van der Waals surface area contributed by atoms with Gasteiger partial charge in [0.25, 0.3) is 0 Å². The largest absolute Gasteiger partial charge is 0.336 e. The molecule has 2 rings (SSSR count). The molecule has 2 heterocycles. The maximum atomic E-state index is 5.61. The second-order valence-electron chi connectivity index (χ2n) is 3.60. The first-order valence-corrected chi connectivity index (χ1v) is 6.43. The normalized spacial score (nSPS) is 13.0. The van der Waals surface area contributed by atoms with E-state index >= 15 is 0 Å². The van der Waals surface area contributed by atoms with E-state index in [0.29, 0.717) is 0 Å². The Morgan fingerprint density at radius 2 is 2.38 bits per heavy atom. The van der Waals surface area contributed by atoms with Crippen LogP contribution in [-0.4, -0.2) is 9.55 Å². The van der Waals surface area contributed by atoms with Crippen molar-refractivity contribution in [3.05, 3.63) is 38.5 Å². The van der Waals surface area contributed by atoms with E-state index in [1.54, 1.807) is 17.5 Å². The average Bonchev–Trinajstić information content (AvgIpc) is 2.78. The van der Waals surface area contributed by atoms with Gasteiger partial charge in [0.05, 0.1) is 3.79 Å². The molecular weight excluding hydrogens is 288 g/mol. The van der Waals surface area contributed by atoms with Crippen molar-refractivity contribution >= 4 is 27.3 Å². The third kappa shape index (κ3) is 2.06. The number of rotatable bonds is 3. The Balaban J connectivity index is 2.40. The minimum Gasteiger partial charge on any atom is -0.336 e. The number of aromatic nitrogens is 2. The van der Waals surface area contributed by atoms with Gasteiger partial charge in [-0.15, -0.1) is 11.3 Å². The first kappa shape index (κ1) is 11.8. The van der Waals surface area contributed by atoms with Gasteiger partial charge < -0.3 is 4.57 Å². The van der Waals surface area contributed by atoms with E-state index in [-0.39, 0.29) is 6.04 Å². The van der Waals surface area contributed by atoms with Crippen molar-refractivity contribution in [1.82, 2.24) is 15.0 Å². The third-order valence-electron chi connectivity index (χ3n) is 2.44. The number of hydrazine groups is 1. The highest BCUT2D eigenvalue weighted by molar-refractivity contribution is 9.11. The highest BCUT2D eigenvalue weighted by Crippen LogP contribution is 2.33. The van der Waals surface area contributed by atoms with Gasteiger partial charge in [0.15, 0.2) is 0 Å². The lowest BCUT2D eigenvalue weighted by Crippen LogP contribution is -2.30. The van der Waals surface area contributed by atoms with Crippen molar-refractivity contribution in [2.75, 3.05) is 0 Å². The Bertz CT molecular complexity index is 471. The van der Waals surface area contributed by atoms with Gasteiger partial charge in [-0.1, -0.05) is 0 Å². The van der Waals surface area contributed by atoms with Crippen LogP contribution < -0.4 is 11.3 Å². The zero-order valence-corrected chi connectivity index (χ0v) is 11.5. The van der Waals surface area contributed by atoms with Gasteiger partial charge in [-0.05, 0) is 34.5 Å².